The van der Waals surface area contributed by atoms with Gasteiger partial charge in [0.05, 0.1) is 29.5 Å². The minimum atomic E-state index is -0.485. The maximum atomic E-state index is 13.3. The van der Waals surface area contributed by atoms with Crippen LogP contribution in [0.15, 0.2) is 96.2 Å². The number of ether oxygens (including phenoxy) is 1. The second-order valence-corrected chi connectivity index (χ2v) is 8.65. The molecule has 0 radical (unpaired) electrons. The molecule has 0 unspecified atom stereocenters. The average molecular weight is 475 g/mol. The molecule has 1 aliphatic rings. The maximum Gasteiger partial charge on any atom is 0.365 e. The highest BCUT2D eigenvalue weighted by Crippen LogP contribution is 2.36. The standard InChI is InChI=1S/C30H22N2O4/c1-35-27-13-6-5-10-23(27)29(33)20-14-15-26-24(18-20)21-11-7-12-22-25(16-17-32(26)28(21)22)31-36-30(34)19-8-3-2-4-9-19/h2-15,18H,16-17H2,1H3/b31-25+. The van der Waals surface area contributed by atoms with Gasteiger partial charge in [0.1, 0.15) is 5.75 Å². The van der Waals surface area contributed by atoms with Gasteiger partial charge in [0.2, 0.25) is 0 Å². The smallest absolute Gasteiger partial charge is 0.365 e. The van der Waals surface area contributed by atoms with Crippen molar-refractivity contribution in [2.45, 2.75) is 13.0 Å². The molecule has 0 atom stereocenters. The third kappa shape index (κ3) is 3.55. The number of aryl methyl sites for hydroxylation is 1. The Hall–Kier alpha value is -4.71. The monoisotopic (exact) mass is 474 g/mol. The van der Waals surface area contributed by atoms with Gasteiger partial charge in [-0.05, 0) is 42.5 Å². The van der Waals surface area contributed by atoms with Crippen LogP contribution in [-0.4, -0.2) is 29.1 Å². The van der Waals surface area contributed by atoms with Crippen LogP contribution >= 0.6 is 0 Å². The first kappa shape index (κ1) is 21.8. The molecule has 5 aromatic rings. The van der Waals surface area contributed by atoms with Crippen LogP contribution in [0.3, 0.4) is 0 Å². The minimum Gasteiger partial charge on any atom is -0.496 e. The molecule has 0 N–H and O–H groups in total. The first-order valence-corrected chi connectivity index (χ1v) is 11.7. The van der Waals surface area contributed by atoms with E-state index in [2.05, 4.69) is 9.72 Å². The minimum absolute atomic E-state index is 0.0867. The van der Waals surface area contributed by atoms with E-state index in [9.17, 15) is 9.59 Å². The Labute approximate surface area is 207 Å². The summed E-state index contributed by atoms with van der Waals surface area (Å²) in [6.45, 7) is 0.693. The molecule has 1 aromatic heterocycles. The van der Waals surface area contributed by atoms with E-state index in [1.807, 2.05) is 54.6 Å². The predicted molar refractivity (Wildman–Crippen MR) is 139 cm³/mol. The third-order valence-corrected chi connectivity index (χ3v) is 6.63. The molecule has 0 saturated heterocycles. The molecule has 0 aliphatic carbocycles. The van der Waals surface area contributed by atoms with Crippen molar-refractivity contribution in [3.05, 3.63) is 113 Å². The lowest BCUT2D eigenvalue weighted by Gasteiger charge is -2.18. The second-order valence-electron chi connectivity index (χ2n) is 8.65. The number of ketones is 1. The summed E-state index contributed by atoms with van der Waals surface area (Å²) < 4.78 is 7.64. The molecule has 6 heteroatoms. The summed E-state index contributed by atoms with van der Waals surface area (Å²) in [6.07, 6.45) is 0.625. The van der Waals surface area contributed by atoms with Gasteiger partial charge in [-0.1, -0.05) is 53.7 Å². The van der Waals surface area contributed by atoms with Crippen molar-refractivity contribution >= 4 is 39.3 Å². The van der Waals surface area contributed by atoms with Crippen LogP contribution in [0.5, 0.6) is 5.75 Å². The van der Waals surface area contributed by atoms with Crippen LogP contribution in [0.4, 0.5) is 0 Å². The summed E-state index contributed by atoms with van der Waals surface area (Å²) in [4.78, 5) is 31.0. The number of methoxy groups -OCH3 is 1. The van der Waals surface area contributed by atoms with E-state index >= 15 is 0 Å². The fourth-order valence-corrected chi connectivity index (χ4v) is 4.92. The maximum absolute atomic E-state index is 13.3. The van der Waals surface area contributed by atoms with Crippen LogP contribution in [0, 0.1) is 0 Å². The Bertz CT molecular complexity index is 1680. The zero-order valence-corrected chi connectivity index (χ0v) is 19.6. The molecule has 1 aliphatic heterocycles. The highest BCUT2D eigenvalue weighted by molar-refractivity contribution is 6.20. The summed E-state index contributed by atoms with van der Waals surface area (Å²) in [5.41, 5.74) is 5.31. The van der Waals surface area contributed by atoms with Gasteiger partial charge in [-0.3, -0.25) is 4.79 Å². The van der Waals surface area contributed by atoms with Crippen molar-refractivity contribution in [2.24, 2.45) is 5.16 Å². The highest BCUT2D eigenvalue weighted by atomic mass is 16.7. The number of hydrogen-bond donors (Lipinski definition) is 0. The summed E-state index contributed by atoms with van der Waals surface area (Å²) in [5, 5.41) is 6.27. The molecule has 6 nitrogen and oxygen atoms in total. The molecule has 36 heavy (non-hydrogen) atoms. The Morgan fingerprint density at radius 2 is 1.64 bits per heavy atom. The van der Waals surface area contributed by atoms with Crippen molar-refractivity contribution in [3.8, 4) is 5.75 Å². The Morgan fingerprint density at radius 3 is 2.47 bits per heavy atom. The lowest BCUT2D eigenvalue weighted by atomic mass is 9.99. The quantitative estimate of drug-likeness (QED) is 0.178. The largest absolute Gasteiger partial charge is 0.496 e. The van der Waals surface area contributed by atoms with Crippen LogP contribution in [0.25, 0.3) is 21.8 Å². The van der Waals surface area contributed by atoms with Gasteiger partial charge in [-0.25, -0.2) is 4.79 Å². The number of fused-ring (bicyclic) bond motifs is 3. The lowest BCUT2D eigenvalue weighted by molar-refractivity contribution is 0.0515. The predicted octanol–water partition coefficient (Wildman–Crippen LogP) is 6.00. The number of hydrogen-bond acceptors (Lipinski definition) is 5. The van der Waals surface area contributed by atoms with Crippen molar-refractivity contribution in [3.63, 3.8) is 0 Å². The summed E-state index contributed by atoms with van der Waals surface area (Å²) in [5.74, 6) is -0.0200. The van der Waals surface area contributed by atoms with E-state index < -0.39 is 5.97 Å². The van der Waals surface area contributed by atoms with Gasteiger partial charge in [-0.15, -0.1) is 0 Å². The van der Waals surface area contributed by atoms with Crippen molar-refractivity contribution < 1.29 is 19.2 Å². The van der Waals surface area contributed by atoms with E-state index in [1.165, 1.54) is 0 Å². The summed E-state index contributed by atoms with van der Waals surface area (Å²) in [7, 11) is 1.57. The van der Waals surface area contributed by atoms with E-state index in [-0.39, 0.29) is 5.78 Å². The fraction of sp³-hybridized carbons (Fsp3) is 0.100. The number of rotatable bonds is 5. The fourth-order valence-electron chi connectivity index (χ4n) is 4.92. The van der Waals surface area contributed by atoms with Gasteiger partial charge in [-0.2, -0.15) is 0 Å². The molecule has 4 aromatic carbocycles. The number of aromatic nitrogens is 1. The van der Waals surface area contributed by atoms with E-state index in [4.69, 9.17) is 9.57 Å². The number of para-hydroxylation sites is 2. The molecule has 0 amide bonds. The topological polar surface area (TPSA) is 69.9 Å². The van der Waals surface area contributed by atoms with Gasteiger partial charge < -0.3 is 14.1 Å². The average Bonchev–Trinajstić information content (AvgIpc) is 3.27. The molecule has 0 saturated carbocycles. The Kier molecular flexibility index (Phi) is 5.34. The number of oxime groups is 1. The normalized spacial score (nSPS) is 13.8. The van der Waals surface area contributed by atoms with Crippen LogP contribution in [-0.2, 0) is 11.4 Å². The zero-order chi connectivity index (χ0) is 24.6. The number of carbonyl (C=O) groups excluding carboxylic acids is 2. The molecular formula is C30H22N2O4. The molecule has 0 spiro atoms. The van der Waals surface area contributed by atoms with Gasteiger partial charge in [0, 0.05) is 40.4 Å². The Morgan fingerprint density at radius 1 is 0.833 bits per heavy atom. The molecule has 0 bridgehead atoms. The second kappa shape index (κ2) is 8.82. The molecular weight excluding hydrogens is 452 g/mol. The Balaban J connectivity index is 1.41. The molecule has 0 fully saturated rings. The van der Waals surface area contributed by atoms with Crippen molar-refractivity contribution in [2.75, 3.05) is 7.11 Å². The summed E-state index contributed by atoms with van der Waals surface area (Å²) >= 11 is 0. The van der Waals surface area contributed by atoms with Crippen molar-refractivity contribution in [1.82, 2.24) is 4.57 Å². The lowest BCUT2D eigenvalue weighted by Crippen LogP contribution is -2.16. The van der Waals surface area contributed by atoms with Gasteiger partial charge in [0.15, 0.2) is 5.78 Å². The zero-order valence-electron chi connectivity index (χ0n) is 19.6. The van der Waals surface area contributed by atoms with Crippen LogP contribution in [0.1, 0.15) is 38.3 Å². The summed E-state index contributed by atoms with van der Waals surface area (Å²) in [6, 6.07) is 27.9. The van der Waals surface area contributed by atoms with Crippen LogP contribution < -0.4 is 4.74 Å². The van der Waals surface area contributed by atoms with Crippen LogP contribution in [0.2, 0.25) is 0 Å². The van der Waals surface area contributed by atoms with E-state index in [0.717, 1.165) is 33.1 Å². The van der Waals surface area contributed by atoms with E-state index in [1.54, 1.807) is 43.5 Å². The first-order valence-electron chi connectivity index (χ1n) is 11.7. The number of nitrogens with zero attached hydrogens (tertiary/aromatic N) is 2. The molecule has 2 heterocycles. The number of carbonyl (C=O) groups is 2. The van der Waals surface area contributed by atoms with E-state index in [0.29, 0.717) is 35.4 Å². The first-order chi connectivity index (χ1) is 17.7. The SMILES string of the molecule is COc1ccccc1C(=O)c1ccc2c(c1)c1cccc3c1n2CC/C3=N\OC(=O)c1ccccc1. The highest BCUT2D eigenvalue weighted by Gasteiger charge is 2.24. The molecule has 6 rings (SSSR count). The van der Waals surface area contributed by atoms with Gasteiger partial charge >= 0.3 is 5.97 Å². The molecule has 176 valence electrons. The van der Waals surface area contributed by atoms with Crippen molar-refractivity contribution in [1.29, 1.82) is 0 Å². The van der Waals surface area contributed by atoms with Gasteiger partial charge in [0.25, 0.3) is 0 Å². The number of benzene rings is 4. The third-order valence-electron chi connectivity index (χ3n) is 6.63.